The van der Waals surface area contributed by atoms with Crippen LogP contribution in [-0.2, 0) is 15.3 Å². The topological polar surface area (TPSA) is 110 Å². The smallest absolute Gasteiger partial charge is 0.323 e. The Morgan fingerprint density at radius 3 is 2.64 bits per heavy atom. The highest BCUT2D eigenvalue weighted by Crippen LogP contribution is 2.29. The minimum Gasteiger partial charge on any atom is -0.490 e. The molecule has 0 saturated heterocycles. The van der Waals surface area contributed by atoms with Gasteiger partial charge < -0.3 is 14.7 Å². The first-order valence-corrected chi connectivity index (χ1v) is 8.85. The molecule has 1 amide bonds. The van der Waals surface area contributed by atoms with Crippen molar-refractivity contribution in [1.29, 1.82) is 0 Å². The average molecular weight is 370 g/mol. The quantitative estimate of drug-likeness (QED) is 0.498. The van der Waals surface area contributed by atoms with Gasteiger partial charge in [0.15, 0.2) is 5.75 Å². The second-order valence-corrected chi connectivity index (χ2v) is 6.41. The fraction of sp³-hybridized carbons (Fsp3) is 0.500. The van der Waals surface area contributed by atoms with E-state index in [9.17, 15) is 19.7 Å². The molecule has 25 heavy (non-hydrogen) atoms. The van der Waals surface area contributed by atoms with Crippen LogP contribution in [0.4, 0.5) is 5.69 Å². The van der Waals surface area contributed by atoms with Gasteiger partial charge in [-0.25, -0.2) is 0 Å². The Morgan fingerprint density at radius 2 is 2.12 bits per heavy atom. The van der Waals surface area contributed by atoms with Crippen molar-refractivity contribution in [1.82, 2.24) is 4.90 Å². The molecule has 0 fully saturated rings. The third-order valence-corrected chi connectivity index (χ3v) is 4.67. The lowest BCUT2D eigenvalue weighted by Crippen LogP contribution is -2.42. The normalized spacial score (nSPS) is 11.6. The number of thioether (sulfide) groups is 1. The summed E-state index contributed by atoms with van der Waals surface area (Å²) in [6.07, 6.45) is 0.661. The number of carboxylic acid groups (broad SMARTS) is 1. The van der Waals surface area contributed by atoms with Crippen molar-refractivity contribution in [2.24, 2.45) is 0 Å². The number of nitrogens with zero attached hydrogens (tertiary/aromatic N) is 2. The Bertz CT molecular complexity index is 637. The minimum atomic E-state index is -1.05. The summed E-state index contributed by atoms with van der Waals surface area (Å²) < 4.78 is 4.95. The summed E-state index contributed by atoms with van der Waals surface area (Å²) in [5.74, 6) is -0.622. The van der Waals surface area contributed by atoms with Gasteiger partial charge in [-0.1, -0.05) is 13.0 Å². The van der Waals surface area contributed by atoms with Crippen LogP contribution in [0.25, 0.3) is 0 Å². The number of hydrogen-bond acceptors (Lipinski definition) is 6. The van der Waals surface area contributed by atoms with Gasteiger partial charge in [0.25, 0.3) is 0 Å². The van der Waals surface area contributed by atoms with Gasteiger partial charge in [0, 0.05) is 17.9 Å². The number of carbonyl (C=O) groups is 2. The van der Waals surface area contributed by atoms with Crippen LogP contribution in [0.15, 0.2) is 18.2 Å². The standard InChI is InChI=1S/C16H22N2O6S/c1-4-11(2)17(8-16(20)21)15(19)10-25-9-12-5-6-14(24-3)13(7-12)18(22)23/h5-7,11H,4,8-10H2,1-3H3,(H,20,21). The summed E-state index contributed by atoms with van der Waals surface area (Å²) in [7, 11) is 1.36. The van der Waals surface area contributed by atoms with Crippen LogP contribution in [0.2, 0.25) is 0 Å². The molecule has 1 aromatic carbocycles. The third kappa shape index (κ3) is 6.26. The Kier molecular flexibility index (Phi) is 8.20. The van der Waals surface area contributed by atoms with Crippen molar-refractivity contribution in [2.75, 3.05) is 19.4 Å². The number of benzene rings is 1. The van der Waals surface area contributed by atoms with E-state index in [1.165, 1.54) is 35.9 Å². The summed E-state index contributed by atoms with van der Waals surface area (Å²) in [5, 5.41) is 20.0. The Morgan fingerprint density at radius 1 is 1.44 bits per heavy atom. The highest BCUT2D eigenvalue weighted by molar-refractivity contribution is 7.99. The summed E-state index contributed by atoms with van der Waals surface area (Å²) in [5.41, 5.74) is 0.567. The van der Waals surface area contributed by atoms with Crippen LogP contribution >= 0.6 is 11.8 Å². The molecule has 1 N–H and O–H groups in total. The highest BCUT2D eigenvalue weighted by Gasteiger charge is 2.21. The number of carboxylic acids is 1. The molecular weight excluding hydrogens is 348 g/mol. The number of amides is 1. The van der Waals surface area contributed by atoms with Gasteiger partial charge in [-0.2, -0.15) is 0 Å². The third-order valence-electron chi connectivity index (χ3n) is 3.68. The molecule has 0 heterocycles. The van der Waals surface area contributed by atoms with Crippen molar-refractivity contribution in [3.8, 4) is 5.75 Å². The number of carbonyl (C=O) groups excluding carboxylic acids is 1. The van der Waals surface area contributed by atoms with Crippen molar-refractivity contribution in [3.05, 3.63) is 33.9 Å². The molecule has 0 aliphatic carbocycles. The van der Waals surface area contributed by atoms with E-state index >= 15 is 0 Å². The molecular formula is C16H22N2O6S. The minimum absolute atomic E-state index is 0.109. The van der Waals surface area contributed by atoms with Gasteiger partial charge in [0.1, 0.15) is 6.54 Å². The molecule has 0 bridgehead atoms. The Balaban J connectivity index is 2.69. The first-order valence-electron chi connectivity index (χ1n) is 7.70. The molecule has 8 nitrogen and oxygen atoms in total. The lowest BCUT2D eigenvalue weighted by Gasteiger charge is -2.26. The molecule has 0 spiro atoms. The van der Waals surface area contributed by atoms with Crippen molar-refractivity contribution < 1.29 is 24.4 Å². The highest BCUT2D eigenvalue weighted by atomic mass is 32.2. The number of hydrogen-bond donors (Lipinski definition) is 1. The second-order valence-electron chi connectivity index (χ2n) is 5.43. The number of rotatable bonds is 10. The second kappa shape index (κ2) is 9.87. The zero-order chi connectivity index (χ0) is 19.0. The monoisotopic (exact) mass is 370 g/mol. The lowest BCUT2D eigenvalue weighted by atomic mass is 10.2. The van der Waals surface area contributed by atoms with Gasteiger partial charge >= 0.3 is 11.7 Å². The number of ether oxygens (including phenoxy) is 1. The molecule has 0 aliphatic rings. The average Bonchev–Trinajstić information content (AvgIpc) is 2.58. The van der Waals surface area contributed by atoms with E-state index < -0.39 is 10.9 Å². The maximum absolute atomic E-state index is 12.3. The van der Waals surface area contributed by atoms with Crippen LogP contribution in [0.5, 0.6) is 5.75 Å². The van der Waals surface area contributed by atoms with Crippen molar-refractivity contribution in [2.45, 2.75) is 32.1 Å². The van der Waals surface area contributed by atoms with Crippen LogP contribution in [0.1, 0.15) is 25.8 Å². The van der Waals surface area contributed by atoms with E-state index in [4.69, 9.17) is 9.84 Å². The van der Waals surface area contributed by atoms with Gasteiger partial charge in [0.2, 0.25) is 5.91 Å². The van der Waals surface area contributed by atoms with Gasteiger partial charge in [-0.05, 0) is 25.0 Å². The molecule has 0 saturated carbocycles. The molecule has 1 unspecified atom stereocenters. The molecule has 0 aliphatic heterocycles. The predicted octanol–water partition coefficient (Wildman–Crippen LogP) is 2.55. The van der Waals surface area contributed by atoms with Gasteiger partial charge in [-0.15, -0.1) is 11.8 Å². The van der Waals surface area contributed by atoms with E-state index in [2.05, 4.69) is 0 Å². The SMILES string of the molecule is CCC(C)N(CC(=O)O)C(=O)CSCc1ccc(OC)c([N+](=O)[O-])c1. The lowest BCUT2D eigenvalue weighted by molar-refractivity contribution is -0.385. The zero-order valence-corrected chi connectivity index (χ0v) is 15.2. The molecule has 9 heteroatoms. The molecule has 0 aromatic heterocycles. The summed E-state index contributed by atoms with van der Waals surface area (Å²) in [4.78, 5) is 35.0. The predicted molar refractivity (Wildman–Crippen MR) is 94.9 cm³/mol. The number of methoxy groups -OCH3 is 1. The van der Waals surface area contributed by atoms with Crippen LogP contribution in [0, 0.1) is 10.1 Å². The van der Waals surface area contributed by atoms with Gasteiger partial charge in [-0.3, -0.25) is 19.7 Å². The molecule has 1 aromatic rings. The van der Waals surface area contributed by atoms with Crippen LogP contribution in [-0.4, -0.2) is 52.3 Å². The summed E-state index contributed by atoms with van der Waals surface area (Å²) in [6.45, 7) is 3.36. The molecule has 1 atom stereocenters. The fourth-order valence-electron chi connectivity index (χ4n) is 2.16. The maximum atomic E-state index is 12.3. The van der Waals surface area contributed by atoms with E-state index in [-0.39, 0.29) is 35.7 Å². The maximum Gasteiger partial charge on any atom is 0.323 e. The van der Waals surface area contributed by atoms with Crippen LogP contribution < -0.4 is 4.74 Å². The molecule has 138 valence electrons. The van der Waals surface area contributed by atoms with Crippen molar-refractivity contribution in [3.63, 3.8) is 0 Å². The van der Waals surface area contributed by atoms with Crippen molar-refractivity contribution >= 4 is 29.3 Å². The first kappa shape index (κ1) is 20.8. The largest absolute Gasteiger partial charge is 0.490 e. The Hall–Kier alpha value is -2.29. The van der Waals surface area contributed by atoms with E-state index in [1.54, 1.807) is 13.0 Å². The Labute approximate surface area is 150 Å². The summed E-state index contributed by atoms with van der Waals surface area (Å²) >= 11 is 1.28. The first-order chi connectivity index (χ1) is 11.8. The summed E-state index contributed by atoms with van der Waals surface area (Å²) in [6, 6.07) is 4.48. The molecule has 1 rings (SSSR count). The van der Waals surface area contributed by atoms with E-state index in [0.717, 1.165) is 0 Å². The van der Waals surface area contributed by atoms with Crippen LogP contribution in [0.3, 0.4) is 0 Å². The van der Waals surface area contributed by atoms with Gasteiger partial charge in [0.05, 0.1) is 17.8 Å². The molecule has 0 radical (unpaired) electrons. The zero-order valence-electron chi connectivity index (χ0n) is 14.4. The number of nitro benzene ring substituents is 1. The van der Waals surface area contributed by atoms with E-state index in [0.29, 0.717) is 17.7 Å². The number of nitro groups is 1. The fourth-order valence-corrected chi connectivity index (χ4v) is 3.02. The number of aliphatic carboxylic acids is 1. The van der Waals surface area contributed by atoms with E-state index in [1.807, 2.05) is 6.92 Å².